The lowest BCUT2D eigenvalue weighted by atomic mass is 10.1. The summed E-state index contributed by atoms with van der Waals surface area (Å²) in [4.78, 5) is 14.4. The highest BCUT2D eigenvalue weighted by molar-refractivity contribution is 7.80. The molecule has 0 spiro atoms. The maximum absolute atomic E-state index is 11.9. The van der Waals surface area contributed by atoms with Crippen LogP contribution in [0, 0.1) is 6.92 Å². The van der Waals surface area contributed by atoms with Gasteiger partial charge in [0.2, 0.25) is 0 Å². The molecule has 1 aliphatic heterocycles. The van der Waals surface area contributed by atoms with Crippen molar-refractivity contribution < 1.29 is 9.53 Å². The zero-order valence-corrected chi connectivity index (χ0v) is 18.1. The lowest BCUT2D eigenvalue weighted by Crippen LogP contribution is -2.34. The van der Waals surface area contributed by atoms with Crippen LogP contribution in [0.25, 0.3) is 0 Å². The molecule has 0 fully saturated rings. The van der Waals surface area contributed by atoms with Crippen LogP contribution in [0.15, 0.2) is 42.5 Å². The van der Waals surface area contributed by atoms with E-state index in [9.17, 15) is 4.79 Å². The van der Waals surface area contributed by atoms with E-state index in [1.165, 1.54) is 11.3 Å². The van der Waals surface area contributed by atoms with Gasteiger partial charge in [-0.15, -0.1) is 0 Å². The van der Waals surface area contributed by atoms with Gasteiger partial charge in [-0.1, -0.05) is 24.3 Å². The first kappa shape index (κ1) is 21.1. The molecule has 0 aromatic heterocycles. The molecule has 5 nitrogen and oxygen atoms in total. The largest absolute Gasteiger partial charge is 0.462 e. The zero-order valence-electron chi connectivity index (χ0n) is 17.3. The number of para-hydroxylation sites is 1. The van der Waals surface area contributed by atoms with Gasteiger partial charge < -0.3 is 20.3 Å². The van der Waals surface area contributed by atoms with Crippen molar-refractivity contribution in [3.8, 4) is 0 Å². The number of nitrogens with zero attached hydrogens (tertiary/aromatic N) is 1. The molecule has 154 valence electrons. The molecule has 0 aliphatic carbocycles. The second kappa shape index (κ2) is 9.74. The van der Waals surface area contributed by atoms with Crippen molar-refractivity contribution in [3.05, 3.63) is 59.2 Å². The van der Waals surface area contributed by atoms with Crippen LogP contribution in [0.4, 0.5) is 11.4 Å². The molecule has 0 saturated carbocycles. The Bertz CT molecular complexity index is 884. The minimum Gasteiger partial charge on any atom is -0.462 e. The van der Waals surface area contributed by atoms with E-state index in [0.29, 0.717) is 23.3 Å². The molecule has 0 bridgehead atoms. The molecular weight excluding hydrogens is 382 g/mol. The Morgan fingerprint density at radius 1 is 1.28 bits per heavy atom. The van der Waals surface area contributed by atoms with Crippen LogP contribution in [0.1, 0.15) is 41.8 Å². The van der Waals surface area contributed by atoms with E-state index >= 15 is 0 Å². The third-order valence-corrected chi connectivity index (χ3v) is 5.45. The standard InChI is InChI=1S/C23H29N3O2S/c1-4-28-22(27)19-11-10-16(2)20(15-19)25-23(29)24-12-7-13-26-17(3)14-18-8-5-6-9-21(18)26/h5-6,8-11,15,17H,4,7,12-14H2,1-3H3,(H2,24,25,29)/t17-/m1/s1. The molecule has 1 heterocycles. The minimum absolute atomic E-state index is 0.325. The SMILES string of the molecule is CCOC(=O)c1ccc(C)c(NC(=S)NCCCN2c3ccccc3C[C@H]2C)c1. The summed E-state index contributed by atoms with van der Waals surface area (Å²) in [5, 5.41) is 7.03. The van der Waals surface area contributed by atoms with Crippen molar-refractivity contribution in [3.63, 3.8) is 0 Å². The summed E-state index contributed by atoms with van der Waals surface area (Å²) >= 11 is 5.44. The molecule has 2 N–H and O–H groups in total. The van der Waals surface area contributed by atoms with E-state index in [1.54, 1.807) is 19.1 Å². The summed E-state index contributed by atoms with van der Waals surface area (Å²) < 4.78 is 5.07. The fourth-order valence-electron chi connectivity index (χ4n) is 3.69. The van der Waals surface area contributed by atoms with Gasteiger partial charge in [-0.25, -0.2) is 4.79 Å². The lowest BCUT2D eigenvalue weighted by molar-refractivity contribution is 0.0526. The van der Waals surface area contributed by atoms with Crippen molar-refractivity contribution in [2.75, 3.05) is 29.9 Å². The molecule has 1 atom stereocenters. The quantitative estimate of drug-likeness (QED) is 0.403. The van der Waals surface area contributed by atoms with Gasteiger partial charge in [0.15, 0.2) is 5.11 Å². The summed E-state index contributed by atoms with van der Waals surface area (Å²) in [6, 6.07) is 14.6. The fraction of sp³-hybridized carbons (Fsp3) is 0.391. The molecule has 29 heavy (non-hydrogen) atoms. The number of hydrogen-bond acceptors (Lipinski definition) is 4. The second-order valence-corrected chi connectivity index (χ2v) is 7.77. The first-order chi connectivity index (χ1) is 14.0. The number of benzene rings is 2. The number of carbonyl (C=O) groups is 1. The van der Waals surface area contributed by atoms with Gasteiger partial charge in [0.1, 0.15) is 0 Å². The molecule has 6 heteroatoms. The molecule has 0 saturated heterocycles. The minimum atomic E-state index is -0.325. The predicted octanol–water partition coefficient (Wildman–Crippen LogP) is 4.30. The number of nitrogens with one attached hydrogen (secondary N) is 2. The van der Waals surface area contributed by atoms with Crippen LogP contribution < -0.4 is 15.5 Å². The number of ether oxygens (including phenoxy) is 1. The summed E-state index contributed by atoms with van der Waals surface area (Å²) in [7, 11) is 0. The number of rotatable bonds is 7. The van der Waals surface area contributed by atoms with Gasteiger partial charge in [-0.05, 0) is 75.2 Å². The lowest BCUT2D eigenvalue weighted by Gasteiger charge is -2.25. The number of anilines is 2. The number of fused-ring (bicyclic) bond motifs is 1. The van der Waals surface area contributed by atoms with Crippen molar-refractivity contribution in [1.82, 2.24) is 5.32 Å². The molecule has 2 aromatic carbocycles. The Morgan fingerprint density at radius 3 is 2.86 bits per heavy atom. The van der Waals surface area contributed by atoms with Crippen LogP contribution in [0.5, 0.6) is 0 Å². The van der Waals surface area contributed by atoms with E-state index < -0.39 is 0 Å². The fourth-order valence-corrected chi connectivity index (χ4v) is 3.90. The third kappa shape index (κ3) is 5.26. The van der Waals surface area contributed by atoms with Crippen LogP contribution in [-0.2, 0) is 11.2 Å². The number of esters is 1. The maximum atomic E-state index is 11.9. The Hall–Kier alpha value is -2.60. The zero-order chi connectivity index (χ0) is 20.8. The van der Waals surface area contributed by atoms with Crippen molar-refractivity contribution in [2.45, 2.75) is 39.7 Å². The molecule has 2 aromatic rings. The Labute approximate surface area is 178 Å². The third-order valence-electron chi connectivity index (χ3n) is 5.21. The van der Waals surface area contributed by atoms with Gasteiger partial charge in [-0.2, -0.15) is 0 Å². The molecule has 0 radical (unpaired) electrons. The van der Waals surface area contributed by atoms with Gasteiger partial charge in [0.25, 0.3) is 0 Å². The van der Waals surface area contributed by atoms with E-state index in [1.807, 2.05) is 13.0 Å². The first-order valence-corrected chi connectivity index (χ1v) is 10.6. The number of aryl methyl sites for hydroxylation is 1. The highest BCUT2D eigenvalue weighted by Crippen LogP contribution is 2.31. The van der Waals surface area contributed by atoms with Gasteiger partial charge in [0.05, 0.1) is 12.2 Å². The summed E-state index contributed by atoms with van der Waals surface area (Å²) in [5.74, 6) is -0.325. The molecule has 3 rings (SSSR count). The maximum Gasteiger partial charge on any atom is 0.338 e. The Morgan fingerprint density at radius 2 is 2.07 bits per heavy atom. The normalized spacial score (nSPS) is 15.0. The molecule has 1 aliphatic rings. The van der Waals surface area contributed by atoms with Crippen LogP contribution >= 0.6 is 12.2 Å². The van der Waals surface area contributed by atoms with Crippen molar-refractivity contribution >= 4 is 34.7 Å². The number of hydrogen-bond donors (Lipinski definition) is 2. The van der Waals surface area contributed by atoms with Crippen LogP contribution in [-0.4, -0.2) is 36.8 Å². The topological polar surface area (TPSA) is 53.6 Å². The second-order valence-electron chi connectivity index (χ2n) is 7.36. The highest BCUT2D eigenvalue weighted by atomic mass is 32.1. The van der Waals surface area contributed by atoms with E-state index in [4.69, 9.17) is 17.0 Å². The van der Waals surface area contributed by atoms with Gasteiger partial charge in [0, 0.05) is 30.5 Å². The molecule has 0 unspecified atom stereocenters. The summed E-state index contributed by atoms with van der Waals surface area (Å²) in [6.07, 6.45) is 2.10. The summed E-state index contributed by atoms with van der Waals surface area (Å²) in [6.45, 7) is 8.19. The van der Waals surface area contributed by atoms with Crippen molar-refractivity contribution in [1.29, 1.82) is 0 Å². The van der Waals surface area contributed by atoms with Gasteiger partial charge in [-0.3, -0.25) is 0 Å². The van der Waals surface area contributed by atoms with Crippen LogP contribution in [0.2, 0.25) is 0 Å². The number of carbonyl (C=O) groups excluding carboxylic acids is 1. The molecular formula is C23H29N3O2S. The smallest absolute Gasteiger partial charge is 0.338 e. The summed E-state index contributed by atoms with van der Waals surface area (Å²) in [5.41, 5.74) is 5.14. The molecule has 0 amide bonds. The highest BCUT2D eigenvalue weighted by Gasteiger charge is 2.24. The van der Waals surface area contributed by atoms with Crippen LogP contribution in [0.3, 0.4) is 0 Å². The Kier molecular flexibility index (Phi) is 7.09. The van der Waals surface area contributed by atoms with Crippen molar-refractivity contribution in [2.24, 2.45) is 0 Å². The van der Waals surface area contributed by atoms with E-state index in [2.05, 4.69) is 46.7 Å². The van der Waals surface area contributed by atoms with E-state index in [-0.39, 0.29) is 5.97 Å². The average molecular weight is 412 g/mol. The van der Waals surface area contributed by atoms with E-state index in [0.717, 1.165) is 37.2 Å². The monoisotopic (exact) mass is 411 g/mol. The van der Waals surface area contributed by atoms with Gasteiger partial charge >= 0.3 is 5.97 Å². The first-order valence-electron chi connectivity index (χ1n) is 10.2. The average Bonchev–Trinajstić information content (AvgIpc) is 3.02. The predicted molar refractivity (Wildman–Crippen MR) is 123 cm³/mol. The Balaban J connectivity index is 1.48. The number of thiocarbonyl (C=S) groups is 1.